The predicted molar refractivity (Wildman–Crippen MR) is 66.0 cm³/mol. The van der Waals surface area contributed by atoms with Gasteiger partial charge >= 0.3 is 0 Å². The van der Waals surface area contributed by atoms with E-state index in [-0.39, 0.29) is 6.10 Å². The standard InChI is InChI=1S/C15H26O/c1-9-5-6-11-10(2)13(16)12-7-14(3,4)8-15(9,11)12/h9-13,16H,5-8H2,1-4H3/t9-,10?,11+,12+,13?,15+/m0/s1. The summed E-state index contributed by atoms with van der Waals surface area (Å²) in [7, 11) is 0. The van der Waals surface area contributed by atoms with Crippen LogP contribution in [0.25, 0.3) is 0 Å². The van der Waals surface area contributed by atoms with Crippen molar-refractivity contribution in [3.05, 3.63) is 0 Å². The van der Waals surface area contributed by atoms with Gasteiger partial charge in [0.2, 0.25) is 0 Å². The Morgan fingerprint density at radius 2 is 1.75 bits per heavy atom. The molecule has 0 saturated heterocycles. The summed E-state index contributed by atoms with van der Waals surface area (Å²) < 4.78 is 0. The van der Waals surface area contributed by atoms with Crippen molar-refractivity contribution in [3.8, 4) is 0 Å². The lowest BCUT2D eigenvalue weighted by Gasteiger charge is -2.36. The van der Waals surface area contributed by atoms with Gasteiger partial charge in [-0.2, -0.15) is 0 Å². The quantitative estimate of drug-likeness (QED) is 0.665. The summed E-state index contributed by atoms with van der Waals surface area (Å²) in [5, 5.41) is 10.5. The molecule has 0 radical (unpaired) electrons. The van der Waals surface area contributed by atoms with E-state index in [1.54, 1.807) is 0 Å². The Kier molecular flexibility index (Phi) is 2.11. The SMILES string of the molecule is CC1C(O)[C@H]2CC(C)(C)C[C@@]23[C@@H]1CC[C@@H]3C. The van der Waals surface area contributed by atoms with E-state index in [1.165, 1.54) is 25.7 Å². The minimum atomic E-state index is -0.0190. The molecule has 0 aromatic carbocycles. The molecule has 3 rings (SSSR count). The van der Waals surface area contributed by atoms with Crippen molar-refractivity contribution in [2.75, 3.05) is 0 Å². The number of hydrogen-bond acceptors (Lipinski definition) is 1. The van der Waals surface area contributed by atoms with Crippen molar-refractivity contribution in [1.29, 1.82) is 0 Å². The molecule has 1 nitrogen and oxygen atoms in total. The Hall–Kier alpha value is -0.0400. The molecule has 92 valence electrons. The molecule has 6 atom stereocenters. The zero-order valence-corrected chi connectivity index (χ0v) is 11.2. The highest BCUT2D eigenvalue weighted by Crippen LogP contribution is 2.72. The molecular formula is C15H26O. The molecule has 1 spiro atoms. The van der Waals surface area contributed by atoms with Gasteiger partial charge < -0.3 is 5.11 Å². The van der Waals surface area contributed by atoms with Crippen LogP contribution in [0, 0.1) is 34.5 Å². The summed E-state index contributed by atoms with van der Waals surface area (Å²) in [6.45, 7) is 9.54. The second kappa shape index (κ2) is 3.04. The van der Waals surface area contributed by atoms with Gasteiger partial charge in [-0.15, -0.1) is 0 Å². The highest BCUT2D eigenvalue weighted by Gasteiger charge is 2.67. The third-order valence-corrected chi connectivity index (χ3v) is 6.35. The lowest BCUT2D eigenvalue weighted by Crippen LogP contribution is -2.31. The molecule has 3 aliphatic rings. The summed E-state index contributed by atoms with van der Waals surface area (Å²) in [5.74, 6) is 2.79. The molecule has 1 N–H and O–H groups in total. The van der Waals surface area contributed by atoms with Gasteiger partial charge in [-0.1, -0.05) is 27.7 Å². The van der Waals surface area contributed by atoms with Crippen molar-refractivity contribution in [2.24, 2.45) is 34.5 Å². The average Bonchev–Trinajstić information content (AvgIpc) is 2.70. The first-order valence-electron chi connectivity index (χ1n) is 7.06. The number of hydrogen-bond donors (Lipinski definition) is 1. The molecular weight excluding hydrogens is 196 g/mol. The van der Waals surface area contributed by atoms with Crippen molar-refractivity contribution < 1.29 is 5.11 Å². The van der Waals surface area contributed by atoms with Crippen LogP contribution in [-0.2, 0) is 0 Å². The molecule has 0 aromatic heterocycles. The lowest BCUT2D eigenvalue weighted by atomic mass is 9.68. The van der Waals surface area contributed by atoms with Crippen LogP contribution in [0.1, 0.15) is 53.4 Å². The average molecular weight is 222 g/mol. The molecule has 0 heterocycles. The summed E-state index contributed by atoms with van der Waals surface area (Å²) in [4.78, 5) is 0. The van der Waals surface area contributed by atoms with E-state index in [9.17, 15) is 5.11 Å². The number of aliphatic hydroxyl groups is 1. The number of rotatable bonds is 0. The fourth-order valence-corrected chi connectivity index (χ4v) is 5.89. The fourth-order valence-electron chi connectivity index (χ4n) is 5.89. The maximum absolute atomic E-state index is 10.5. The van der Waals surface area contributed by atoms with Crippen LogP contribution in [-0.4, -0.2) is 11.2 Å². The highest BCUT2D eigenvalue weighted by molar-refractivity contribution is 5.16. The van der Waals surface area contributed by atoms with Gasteiger partial charge in [0.25, 0.3) is 0 Å². The zero-order chi connectivity index (χ0) is 11.7. The third-order valence-electron chi connectivity index (χ3n) is 6.35. The maximum Gasteiger partial charge on any atom is 0.0602 e. The van der Waals surface area contributed by atoms with Crippen LogP contribution < -0.4 is 0 Å². The van der Waals surface area contributed by atoms with Crippen LogP contribution in [0.4, 0.5) is 0 Å². The zero-order valence-electron chi connectivity index (χ0n) is 11.2. The third kappa shape index (κ3) is 1.11. The molecule has 1 heteroatoms. The van der Waals surface area contributed by atoms with Crippen molar-refractivity contribution in [2.45, 2.75) is 59.5 Å². The molecule has 0 bridgehead atoms. The first kappa shape index (κ1) is 11.1. The Morgan fingerprint density at radius 3 is 2.44 bits per heavy atom. The van der Waals surface area contributed by atoms with Crippen LogP contribution in [0.3, 0.4) is 0 Å². The van der Waals surface area contributed by atoms with Crippen LogP contribution in [0.2, 0.25) is 0 Å². The summed E-state index contributed by atoms with van der Waals surface area (Å²) in [6, 6.07) is 0. The molecule has 16 heavy (non-hydrogen) atoms. The van der Waals surface area contributed by atoms with Gasteiger partial charge in [0.1, 0.15) is 0 Å². The largest absolute Gasteiger partial charge is 0.393 e. The lowest BCUT2D eigenvalue weighted by molar-refractivity contribution is 0.0602. The van der Waals surface area contributed by atoms with E-state index in [4.69, 9.17) is 0 Å². The molecule has 3 saturated carbocycles. The summed E-state index contributed by atoms with van der Waals surface area (Å²) >= 11 is 0. The van der Waals surface area contributed by atoms with Crippen LogP contribution in [0.15, 0.2) is 0 Å². The normalized spacial score (nSPS) is 58.7. The van der Waals surface area contributed by atoms with Crippen molar-refractivity contribution in [3.63, 3.8) is 0 Å². The Morgan fingerprint density at radius 1 is 1.06 bits per heavy atom. The monoisotopic (exact) mass is 222 g/mol. The second-order valence-electron chi connectivity index (χ2n) is 7.70. The van der Waals surface area contributed by atoms with Gasteiger partial charge in [-0.25, -0.2) is 0 Å². The van der Waals surface area contributed by atoms with E-state index in [0.717, 1.165) is 11.8 Å². The second-order valence-corrected chi connectivity index (χ2v) is 7.70. The minimum Gasteiger partial charge on any atom is -0.393 e. The van der Waals surface area contributed by atoms with Gasteiger partial charge in [-0.3, -0.25) is 0 Å². The van der Waals surface area contributed by atoms with Gasteiger partial charge in [0, 0.05) is 0 Å². The van der Waals surface area contributed by atoms with E-state index >= 15 is 0 Å². The number of aliphatic hydroxyl groups excluding tert-OH is 1. The first-order chi connectivity index (χ1) is 7.38. The van der Waals surface area contributed by atoms with E-state index in [1.807, 2.05) is 0 Å². The van der Waals surface area contributed by atoms with Crippen LogP contribution >= 0.6 is 0 Å². The highest BCUT2D eigenvalue weighted by atomic mass is 16.3. The van der Waals surface area contributed by atoms with E-state index < -0.39 is 0 Å². The van der Waals surface area contributed by atoms with Gasteiger partial charge in [-0.05, 0) is 60.2 Å². The first-order valence-corrected chi connectivity index (χ1v) is 7.06. The smallest absolute Gasteiger partial charge is 0.0602 e. The van der Waals surface area contributed by atoms with E-state index in [2.05, 4.69) is 27.7 Å². The summed E-state index contributed by atoms with van der Waals surface area (Å²) in [5.41, 5.74) is 0.963. The van der Waals surface area contributed by atoms with Gasteiger partial charge in [0.05, 0.1) is 6.10 Å². The predicted octanol–water partition coefficient (Wildman–Crippen LogP) is 3.47. The van der Waals surface area contributed by atoms with Gasteiger partial charge in [0.15, 0.2) is 0 Å². The summed E-state index contributed by atoms with van der Waals surface area (Å²) in [6.07, 6.45) is 5.35. The molecule has 0 amide bonds. The van der Waals surface area contributed by atoms with Crippen LogP contribution in [0.5, 0.6) is 0 Å². The molecule has 2 unspecified atom stereocenters. The topological polar surface area (TPSA) is 20.2 Å². The Labute approximate surface area is 99.6 Å². The molecule has 0 aromatic rings. The van der Waals surface area contributed by atoms with Crippen molar-refractivity contribution in [1.82, 2.24) is 0 Å². The Balaban J connectivity index is 2.05. The maximum atomic E-state index is 10.5. The fraction of sp³-hybridized carbons (Fsp3) is 1.00. The Bertz CT molecular complexity index is 309. The molecule has 3 aliphatic carbocycles. The van der Waals surface area contributed by atoms with Crippen molar-refractivity contribution >= 4 is 0 Å². The minimum absolute atomic E-state index is 0.0190. The van der Waals surface area contributed by atoms with E-state index in [0.29, 0.717) is 22.7 Å². The molecule has 0 aliphatic heterocycles. The molecule has 3 fully saturated rings.